The van der Waals surface area contributed by atoms with Crippen LogP contribution in [0.1, 0.15) is 31.5 Å². The topological polar surface area (TPSA) is 55.5 Å². The first-order valence-corrected chi connectivity index (χ1v) is 9.99. The van der Waals surface area contributed by atoms with Gasteiger partial charge in [-0.15, -0.1) is 10.2 Å². The number of fused-ring (bicyclic) bond motifs is 1. The Morgan fingerprint density at radius 3 is 2.70 bits per heavy atom. The van der Waals surface area contributed by atoms with Crippen LogP contribution in [0.3, 0.4) is 0 Å². The first kappa shape index (κ1) is 16.8. The average molecular weight is 384 g/mol. The molecule has 7 heteroatoms. The van der Waals surface area contributed by atoms with Crippen molar-refractivity contribution in [2.24, 2.45) is 5.92 Å². The Hall–Kier alpha value is -2.34. The zero-order valence-electron chi connectivity index (χ0n) is 15.1. The van der Waals surface area contributed by atoms with Crippen molar-refractivity contribution in [1.82, 2.24) is 19.6 Å². The molecule has 0 spiro atoms. The Morgan fingerprint density at radius 2 is 1.96 bits per heavy atom. The summed E-state index contributed by atoms with van der Waals surface area (Å²) >= 11 is 6.70. The van der Waals surface area contributed by atoms with E-state index in [1.165, 1.54) is 12.8 Å². The Bertz CT molecular complexity index is 932. The van der Waals surface area contributed by atoms with Gasteiger partial charge in [0.25, 0.3) is 0 Å². The van der Waals surface area contributed by atoms with Crippen molar-refractivity contribution in [3.05, 3.63) is 47.6 Å². The number of halogens is 1. The summed E-state index contributed by atoms with van der Waals surface area (Å²) in [6.07, 6.45) is 11.3. The maximum absolute atomic E-state index is 6.70. The smallest absolute Gasteiger partial charge is 0.181 e. The van der Waals surface area contributed by atoms with Gasteiger partial charge in [-0.2, -0.15) is 0 Å². The highest BCUT2D eigenvalue weighted by Crippen LogP contribution is 2.35. The Kier molecular flexibility index (Phi) is 4.36. The Morgan fingerprint density at radius 1 is 1.11 bits per heavy atom. The van der Waals surface area contributed by atoms with Crippen LogP contribution in [-0.4, -0.2) is 38.8 Å². The number of piperidine rings is 1. The van der Waals surface area contributed by atoms with Crippen LogP contribution >= 0.6 is 11.6 Å². The van der Waals surface area contributed by atoms with Crippen molar-refractivity contribution < 1.29 is 4.74 Å². The minimum atomic E-state index is 0.214. The molecule has 5 rings (SSSR count). The van der Waals surface area contributed by atoms with Gasteiger partial charge in [-0.1, -0.05) is 11.6 Å². The van der Waals surface area contributed by atoms with E-state index >= 15 is 0 Å². The zero-order valence-corrected chi connectivity index (χ0v) is 15.8. The van der Waals surface area contributed by atoms with Crippen molar-refractivity contribution in [3.63, 3.8) is 0 Å². The summed E-state index contributed by atoms with van der Waals surface area (Å²) in [7, 11) is 0. The molecule has 2 fully saturated rings. The highest BCUT2D eigenvalue weighted by molar-refractivity contribution is 6.36. The monoisotopic (exact) mass is 383 g/mol. The van der Waals surface area contributed by atoms with E-state index in [1.54, 1.807) is 12.4 Å². The fraction of sp³-hybridized carbons (Fsp3) is 0.450. The number of anilines is 1. The molecule has 3 aromatic heterocycles. The first-order chi connectivity index (χ1) is 13.3. The van der Waals surface area contributed by atoms with Gasteiger partial charge in [0, 0.05) is 44.7 Å². The first-order valence-electron chi connectivity index (χ1n) is 9.61. The molecule has 0 bridgehead atoms. The van der Waals surface area contributed by atoms with Crippen molar-refractivity contribution in [2.75, 3.05) is 18.0 Å². The van der Waals surface area contributed by atoms with Gasteiger partial charge in [0.2, 0.25) is 0 Å². The van der Waals surface area contributed by atoms with Gasteiger partial charge >= 0.3 is 0 Å². The minimum absolute atomic E-state index is 0.214. The van der Waals surface area contributed by atoms with Gasteiger partial charge in [0.05, 0.1) is 11.9 Å². The second-order valence-corrected chi connectivity index (χ2v) is 7.84. The molecule has 0 amide bonds. The van der Waals surface area contributed by atoms with Gasteiger partial charge in [0.15, 0.2) is 5.65 Å². The van der Waals surface area contributed by atoms with Gasteiger partial charge in [0.1, 0.15) is 22.7 Å². The number of hydrogen-bond donors (Lipinski definition) is 0. The second kappa shape index (κ2) is 7.00. The lowest BCUT2D eigenvalue weighted by molar-refractivity contribution is 0.170. The van der Waals surface area contributed by atoms with Gasteiger partial charge in [-0.05, 0) is 37.0 Å². The number of ether oxygens (including phenoxy) is 1. The van der Waals surface area contributed by atoms with Crippen molar-refractivity contribution in [2.45, 2.75) is 38.2 Å². The normalized spacial score (nSPS) is 18.2. The van der Waals surface area contributed by atoms with Crippen LogP contribution in [0.2, 0.25) is 5.02 Å². The molecule has 6 nitrogen and oxygen atoms in total. The van der Waals surface area contributed by atoms with E-state index in [4.69, 9.17) is 16.3 Å². The fourth-order valence-corrected chi connectivity index (χ4v) is 4.06. The lowest BCUT2D eigenvalue weighted by atomic mass is 10.1. The summed E-state index contributed by atoms with van der Waals surface area (Å²) < 4.78 is 8.08. The summed E-state index contributed by atoms with van der Waals surface area (Å²) in [6, 6.07) is 5.95. The maximum atomic E-state index is 6.70. The predicted molar refractivity (Wildman–Crippen MR) is 105 cm³/mol. The molecule has 3 aromatic rings. The van der Waals surface area contributed by atoms with Crippen LogP contribution in [0.15, 0.2) is 36.8 Å². The molecular weight excluding hydrogens is 362 g/mol. The van der Waals surface area contributed by atoms with Gasteiger partial charge in [-0.3, -0.25) is 9.38 Å². The lowest BCUT2D eigenvalue weighted by Gasteiger charge is -2.34. The third-order valence-electron chi connectivity index (χ3n) is 5.46. The SMILES string of the molecule is Clc1c(N2CCC(Oc3cccnc3)CC2)ccn2c(CC3CC3)nnc12. The van der Waals surface area contributed by atoms with E-state index in [2.05, 4.69) is 32.3 Å². The number of aromatic nitrogens is 4. The summed E-state index contributed by atoms with van der Waals surface area (Å²) in [5, 5.41) is 9.41. The molecule has 0 N–H and O–H groups in total. The third-order valence-corrected chi connectivity index (χ3v) is 5.82. The molecule has 0 unspecified atom stereocenters. The molecule has 140 valence electrons. The largest absolute Gasteiger partial charge is 0.489 e. The third kappa shape index (κ3) is 3.46. The molecule has 0 atom stereocenters. The van der Waals surface area contributed by atoms with Crippen LogP contribution in [0, 0.1) is 5.92 Å². The molecular formula is C20H22ClN5O. The molecule has 2 aliphatic rings. The molecule has 1 saturated carbocycles. The van der Waals surface area contributed by atoms with Crippen LogP contribution in [0.5, 0.6) is 5.75 Å². The maximum Gasteiger partial charge on any atom is 0.181 e. The van der Waals surface area contributed by atoms with E-state index in [0.717, 1.165) is 61.2 Å². The molecule has 0 radical (unpaired) electrons. The van der Waals surface area contributed by atoms with E-state index in [1.807, 2.05) is 16.5 Å². The summed E-state index contributed by atoms with van der Waals surface area (Å²) in [5.74, 6) is 2.63. The highest BCUT2D eigenvalue weighted by atomic mass is 35.5. The molecule has 27 heavy (non-hydrogen) atoms. The Labute approximate surface area is 163 Å². The van der Waals surface area contributed by atoms with Crippen LogP contribution < -0.4 is 9.64 Å². The zero-order chi connectivity index (χ0) is 18.2. The van der Waals surface area contributed by atoms with Gasteiger partial charge in [-0.25, -0.2) is 0 Å². The quantitative estimate of drug-likeness (QED) is 0.671. The number of rotatable bonds is 5. The van der Waals surface area contributed by atoms with Crippen molar-refractivity contribution in [3.8, 4) is 5.75 Å². The van der Waals surface area contributed by atoms with E-state index in [-0.39, 0.29) is 6.10 Å². The van der Waals surface area contributed by atoms with Crippen LogP contribution in [0.25, 0.3) is 5.65 Å². The predicted octanol–water partition coefficient (Wildman–Crippen LogP) is 3.78. The molecule has 4 heterocycles. The molecule has 1 saturated heterocycles. The standard InChI is InChI=1S/C20H22ClN5O/c21-19-17(7-11-26-18(12-14-3-4-14)23-24-20(19)26)25-9-5-15(6-10-25)27-16-2-1-8-22-13-16/h1-2,7-8,11,13-15H,3-6,9-10,12H2. The van der Waals surface area contributed by atoms with Crippen molar-refractivity contribution in [1.29, 1.82) is 0 Å². The Balaban J connectivity index is 1.29. The molecule has 0 aromatic carbocycles. The van der Waals surface area contributed by atoms with Crippen LogP contribution in [-0.2, 0) is 6.42 Å². The lowest BCUT2D eigenvalue weighted by Crippen LogP contribution is -2.38. The van der Waals surface area contributed by atoms with E-state index in [0.29, 0.717) is 5.02 Å². The summed E-state index contributed by atoms with van der Waals surface area (Å²) in [4.78, 5) is 6.43. The van der Waals surface area contributed by atoms with Gasteiger partial charge < -0.3 is 9.64 Å². The summed E-state index contributed by atoms with van der Waals surface area (Å²) in [5.41, 5.74) is 1.80. The number of pyridine rings is 2. The molecule has 1 aliphatic heterocycles. The van der Waals surface area contributed by atoms with E-state index in [9.17, 15) is 0 Å². The minimum Gasteiger partial charge on any atom is -0.489 e. The average Bonchev–Trinajstić information content (AvgIpc) is 3.42. The van der Waals surface area contributed by atoms with Crippen LogP contribution in [0.4, 0.5) is 5.69 Å². The van der Waals surface area contributed by atoms with Crippen molar-refractivity contribution >= 4 is 22.9 Å². The number of nitrogens with zero attached hydrogens (tertiary/aromatic N) is 5. The number of hydrogen-bond acceptors (Lipinski definition) is 5. The molecule has 1 aliphatic carbocycles. The summed E-state index contributed by atoms with van der Waals surface area (Å²) in [6.45, 7) is 1.81. The fourth-order valence-electron chi connectivity index (χ4n) is 3.75. The highest BCUT2D eigenvalue weighted by Gasteiger charge is 2.26. The second-order valence-electron chi connectivity index (χ2n) is 7.47. The van der Waals surface area contributed by atoms with E-state index < -0.39 is 0 Å².